The number of hydrogen-bond acceptors (Lipinski definition) is 3. The van der Waals surface area contributed by atoms with E-state index in [9.17, 15) is 4.79 Å². The number of rotatable bonds is 10. The first kappa shape index (κ1) is 22.3. The van der Waals surface area contributed by atoms with Crippen LogP contribution in [0.5, 0.6) is 11.5 Å². The van der Waals surface area contributed by atoms with Crippen LogP contribution in [-0.4, -0.2) is 19.5 Å². The summed E-state index contributed by atoms with van der Waals surface area (Å²) in [5.41, 5.74) is 5.65. The van der Waals surface area contributed by atoms with Crippen molar-refractivity contribution in [2.75, 3.05) is 13.2 Å². The minimum absolute atomic E-state index is 0.356. The van der Waals surface area contributed by atoms with Crippen LogP contribution < -0.4 is 9.47 Å². The normalized spacial score (nSPS) is 16.8. The number of ether oxygens (including phenoxy) is 2. The Kier molecular flexibility index (Phi) is 8.35. The SMILES string of the molecule is CCOc1cc(C=O)ccc1OCCC=C(C)CCC1=C(C)CCCC1(C)C. The van der Waals surface area contributed by atoms with Crippen molar-refractivity contribution in [3.63, 3.8) is 0 Å². The molecule has 0 aromatic heterocycles. The molecule has 0 radical (unpaired) electrons. The minimum atomic E-state index is 0.356. The van der Waals surface area contributed by atoms with E-state index in [0.29, 0.717) is 35.7 Å². The maximum atomic E-state index is 10.9. The van der Waals surface area contributed by atoms with Crippen LogP contribution in [0.1, 0.15) is 83.5 Å². The van der Waals surface area contributed by atoms with Gasteiger partial charge in [-0.05, 0) is 82.9 Å². The maximum absolute atomic E-state index is 10.9. The number of hydrogen-bond donors (Lipinski definition) is 0. The Morgan fingerprint density at radius 2 is 2.00 bits per heavy atom. The van der Waals surface area contributed by atoms with Gasteiger partial charge in [0.05, 0.1) is 13.2 Å². The number of aldehydes is 1. The van der Waals surface area contributed by atoms with Crippen LogP contribution in [0.4, 0.5) is 0 Å². The van der Waals surface area contributed by atoms with E-state index in [1.54, 1.807) is 23.3 Å². The second-order valence-electron chi connectivity index (χ2n) is 8.44. The predicted octanol–water partition coefficient (Wildman–Crippen LogP) is 6.92. The van der Waals surface area contributed by atoms with Gasteiger partial charge in [0.2, 0.25) is 0 Å². The molecule has 0 saturated heterocycles. The van der Waals surface area contributed by atoms with E-state index in [1.165, 1.54) is 31.3 Å². The summed E-state index contributed by atoms with van der Waals surface area (Å²) in [5, 5.41) is 0. The van der Waals surface area contributed by atoms with Crippen molar-refractivity contribution in [1.82, 2.24) is 0 Å². The van der Waals surface area contributed by atoms with Crippen LogP contribution in [0.2, 0.25) is 0 Å². The lowest BCUT2D eigenvalue weighted by Gasteiger charge is -2.35. The smallest absolute Gasteiger partial charge is 0.161 e. The molecule has 0 unspecified atom stereocenters. The van der Waals surface area contributed by atoms with Crippen LogP contribution in [-0.2, 0) is 0 Å². The Bertz CT molecular complexity index is 725. The zero-order valence-corrected chi connectivity index (χ0v) is 18.3. The van der Waals surface area contributed by atoms with Gasteiger partial charge in [0.15, 0.2) is 11.5 Å². The predicted molar refractivity (Wildman–Crippen MR) is 116 cm³/mol. The fourth-order valence-corrected chi connectivity index (χ4v) is 4.11. The van der Waals surface area contributed by atoms with E-state index in [-0.39, 0.29) is 0 Å². The van der Waals surface area contributed by atoms with Crippen LogP contribution >= 0.6 is 0 Å². The Labute approximate surface area is 170 Å². The molecule has 0 saturated carbocycles. The molecule has 0 fully saturated rings. The lowest BCUT2D eigenvalue weighted by Crippen LogP contribution is -2.20. The van der Waals surface area contributed by atoms with Crippen molar-refractivity contribution in [1.29, 1.82) is 0 Å². The molecular weight excluding hydrogens is 348 g/mol. The Balaban J connectivity index is 1.85. The molecule has 2 rings (SSSR count). The van der Waals surface area contributed by atoms with E-state index in [1.807, 2.05) is 13.0 Å². The van der Waals surface area contributed by atoms with Gasteiger partial charge in [0, 0.05) is 5.56 Å². The first-order valence-electron chi connectivity index (χ1n) is 10.6. The average molecular weight is 385 g/mol. The van der Waals surface area contributed by atoms with Gasteiger partial charge in [0.1, 0.15) is 6.29 Å². The largest absolute Gasteiger partial charge is 0.490 e. The summed E-state index contributed by atoms with van der Waals surface area (Å²) in [5.74, 6) is 1.33. The highest BCUT2D eigenvalue weighted by atomic mass is 16.5. The molecule has 3 heteroatoms. The molecule has 0 atom stereocenters. The summed E-state index contributed by atoms with van der Waals surface area (Å²) in [6.45, 7) is 12.4. The van der Waals surface area contributed by atoms with Crippen LogP contribution in [0, 0.1) is 5.41 Å². The molecule has 0 heterocycles. The van der Waals surface area contributed by atoms with Crippen molar-refractivity contribution in [2.45, 2.75) is 73.1 Å². The summed E-state index contributed by atoms with van der Waals surface area (Å²) < 4.78 is 11.5. The number of carbonyl (C=O) groups is 1. The third kappa shape index (κ3) is 6.25. The monoisotopic (exact) mass is 384 g/mol. The van der Waals surface area contributed by atoms with Crippen molar-refractivity contribution in [3.05, 3.63) is 46.6 Å². The van der Waals surface area contributed by atoms with Gasteiger partial charge in [-0.3, -0.25) is 4.79 Å². The molecule has 0 N–H and O–H groups in total. The molecule has 0 aliphatic heterocycles. The van der Waals surface area contributed by atoms with E-state index >= 15 is 0 Å². The van der Waals surface area contributed by atoms with Gasteiger partial charge < -0.3 is 9.47 Å². The average Bonchev–Trinajstić information content (AvgIpc) is 2.65. The minimum Gasteiger partial charge on any atom is -0.490 e. The van der Waals surface area contributed by atoms with Gasteiger partial charge in [0.25, 0.3) is 0 Å². The summed E-state index contributed by atoms with van der Waals surface area (Å²) in [6, 6.07) is 5.30. The van der Waals surface area contributed by atoms with Crippen LogP contribution in [0.25, 0.3) is 0 Å². The first-order valence-corrected chi connectivity index (χ1v) is 10.6. The zero-order valence-electron chi connectivity index (χ0n) is 18.3. The van der Waals surface area contributed by atoms with Crippen LogP contribution in [0.3, 0.4) is 0 Å². The van der Waals surface area contributed by atoms with Gasteiger partial charge in [-0.1, -0.05) is 36.6 Å². The Morgan fingerprint density at radius 1 is 1.21 bits per heavy atom. The number of allylic oxidation sites excluding steroid dienone is 3. The first-order chi connectivity index (χ1) is 13.4. The lowest BCUT2D eigenvalue weighted by atomic mass is 9.71. The van der Waals surface area contributed by atoms with Crippen molar-refractivity contribution < 1.29 is 14.3 Å². The fraction of sp³-hybridized carbons (Fsp3) is 0.560. The highest BCUT2D eigenvalue weighted by molar-refractivity contribution is 5.76. The zero-order chi connectivity index (χ0) is 20.6. The third-order valence-corrected chi connectivity index (χ3v) is 5.73. The molecule has 154 valence electrons. The lowest BCUT2D eigenvalue weighted by molar-refractivity contribution is 0.112. The highest BCUT2D eigenvalue weighted by Crippen LogP contribution is 2.42. The van der Waals surface area contributed by atoms with Crippen molar-refractivity contribution in [2.24, 2.45) is 5.41 Å². The van der Waals surface area contributed by atoms with E-state index in [2.05, 4.69) is 33.8 Å². The van der Waals surface area contributed by atoms with Gasteiger partial charge in [-0.25, -0.2) is 0 Å². The molecule has 0 bridgehead atoms. The third-order valence-electron chi connectivity index (χ3n) is 5.73. The summed E-state index contributed by atoms with van der Waals surface area (Å²) >= 11 is 0. The van der Waals surface area contributed by atoms with Crippen molar-refractivity contribution >= 4 is 6.29 Å². The molecule has 1 aliphatic rings. The molecule has 3 nitrogen and oxygen atoms in total. The number of benzene rings is 1. The summed E-state index contributed by atoms with van der Waals surface area (Å²) in [6.07, 6.45) is 10.2. The van der Waals surface area contributed by atoms with Gasteiger partial charge in [-0.2, -0.15) is 0 Å². The van der Waals surface area contributed by atoms with E-state index in [0.717, 1.165) is 19.1 Å². The summed E-state index contributed by atoms with van der Waals surface area (Å²) in [4.78, 5) is 10.9. The number of carbonyl (C=O) groups excluding carboxylic acids is 1. The molecule has 0 spiro atoms. The van der Waals surface area contributed by atoms with Crippen LogP contribution in [0.15, 0.2) is 41.0 Å². The highest BCUT2D eigenvalue weighted by Gasteiger charge is 2.27. The van der Waals surface area contributed by atoms with Gasteiger partial charge in [-0.15, -0.1) is 0 Å². The topological polar surface area (TPSA) is 35.5 Å². The molecule has 1 aromatic rings. The Hall–Kier alpha value is -2.03. The second kappa shape index (κ2) is 10.5. The molecule has 0 amide bonds. The standard InChI is InChI=1S/C25H36O3/c1-6-27-24-17-21(18-26)12-14-23(24)28-16-8-9-19(2)11-13-22-20(3)10-7-15-25(22,4)5/h9,12,14,17-18H,6-8,10-11,13,15-16H2,1-5H3. The maximum Gasteiger partial charge on any atom is 0.161 e. The molecule has 1 aromatic carbocycles. The van der Waals surface area contributed by atoms with E-state index in [4.69, 9.17) is 9.47 Å². The molecule has 28 heavy (non-hydrogen) atoms. The molecular formula is C25H36O3. The van der Waals surface area contributed by atoms with Crippen molar-refractivity contribution in [3.8, 4) is 11.5 Å². The Morgan fingerprint density at radius 3 is 2.68 bits per heavy atom. The fourth-order valence-electron chi connectivity index (χ4n) is 4.11. The quantitative estimate of drug-likeness (QED) is 0.249. The summed E-state index contributed by atoms with van der Waals surface area (Å²) in [7, 11) is 0. The molecule has 1 aliphatic carbocycles. The van der Waals surface area contributed by atoms with Gasteiger partial charge >= 0.3 is 0 Å². The second-order valence-corrected chi connectivity index (χ2v) is 8.44. The van der Waals surface area contributed by atoms with E-state index < -0.39 is 0 Å².